The van der Waals surface area contributed by atoms with E-state index in [9.17, 15) is 9.90 Å². The molecule has 37 heavy (non-hydrogen) atoms. The van der Waals surface area contributed by atoms with Gasteiger partial charge in [-0.2, -0.15) is 0 Å². The van der Waals surface area contributed by atoms with Gasteiger partial charge in [0.15, 0.2) is 11.5 Å². The van der Waals surface area contributed by atoms with Crippen LogP contribution in [-0.2, 0) is 9.53 Å². The van der Waals surface area contributed by atoms with Gasteiger partial charge in [-0.05, 0) is 36.1 Å². The Kier molecular flexibility index (Phi) is 20.7. The number of hydrogen-bond donors (Lipinski definition) is 1. The molecule has 0 unspecified atom stereocenters. The van der Waals surface area contributed by atoms with E-state index in [1.54, 1.807) is 24.3 Å². The first kappa shape index (κ1) is 33.1. The minimum absolute atomic E-state index is 0.0800. The number of carbonyl (C=O) groups excluding carboxylic acids is 1. The standard InChI is InChI=1S/C33H56O4/c1-4-5-6-7-8-12-15-18-21-29(2)22-19-16-13-10-9-11-14-17-20-27-37-33(35)26-24-30-23-25-31(34)32(28-30)36-3/h23-26,28-29,34H,4-22,27H2,1-3H3/b26-24+/t29-/m0/s1. The molecule has 0 aliphatic carbocycles. The van der Waals surface area contributed by atoms with Gasteiger partial charge in [0.05, 0.1) is 13.7 Å². The highest BCUT2D eigenvalue weighted by Gasteiger charge is 2.03. The second-order valence-corrected chi connectivity index (χ2v) is 10.8. The maximum atomic E-state index is 11.9. The minimum Gasteiger partial charge on any atom is -0.504 e. The lowest BCUT2D eigenvalue weighted by molar-refractivity contribution is -0.137. The van der Waals surface area contributed by atoms with Crippen LogP contribution in [0.25, 0.3) is 6.08 Å². The predicted molar refractivity (Wildman–Crippen MR) is 157 cm³/mol. The van der Waals surface area contributed by atoms with E-state index in [1.165, 1.54) is 122 Å². The van der Waals surface area contributed by atoms with E-state index in [2.05, 4.69) is 13.8 Å². The minimum atomic E-state index is -0.334. The summed E-state index contributed by atoms with van der Waals surface area (Å²) in [5, 5.41) is 9.62. The van der Waals surface area contributed by atoms with Crippen LogP contribution in [0.2, 0.25) is 0 Å². The van der Waals surface area contributed by atoms with Crippen LogP contribution in [0.5, 0.6) is 11.5 Å². The molecule has 0 radical (unpaired) electrons. The molecule has 0 aliphatic heterocycles. The van der Waals surface area contributed by atoms with Gasteiger partial charge in [-0.3, -0.25) is 0 Å². The second-order valence-electron chi connectivity index (χ2n) is 10.8. The normalized spacial score (nSPS) is 12.2. The number of carbonyl (C=O) groups is 1. The van der Waals surface area contributed by atoms with Crippen molar-refractivity contribution in [2.75, 3.05) is 13.7 Å². The quantitative estimate of drug-likeness (QED) is 0.0843. The van der Waals surface area contributed by atoms with Crippen LogP contribution in [0, 0.1) is 5.92 Å². The molecular weight excluding hydrogens is 460 g/mol. The Morgan fingerprint density at radius 2 is 1.32 bits per heavy atom. The first-order chi connectivity index (χ1) is 18.1. The third kappa shape index (κ3) is 18.9. The van der Waals surface area contributed by atoms with Crippen molar-refractivity contribution in [3.05, 3.63) is 29.8 Å². The van der Waals surface area contributed by atoms with Gasteiger partial charge in [-0.25, -0.2) is 4.79 Å². The topological polar surface area (TPSA) is 55.8 Å². The number of phenolic OH excluding ortho intramolecular Hbond substituents is 1. The van der Waals surface area contributed by atoms with Gasteiger partial charge < -0.3 is 14.6 Å². The summed E-state index contributed by atoms with van der Waals surface area (Å²) in [6.45, 7) is 5.20. The van der Waals surface area contributed by atoms with Gasteiger partial charge in [-0.15, -0.1) is 0 Å². The number of ether oxygens (including phenoxy) is 2. The van der Waals surface area contributed by atoms with Crippen molar-refractivity contribution in [3.63, 3.8) is 0 Å². The SMILES string of the molecule is CCCCCCCCCC[C@H](C)CCCCCCCCCCCOC(=O)/C=C/c1ccc(O)c(OC)c1. The summed E-state index contributed by atoms with van der Waals surface area (Å²) in [6.07, 6.45) is 28.7. The molecule has 0 aliphatic rings. The fraction of sp³-hybridized carbons (Fsp3) is 0.727. The molecule has 0 fully saturated rings. The van der Waals surface area contributed by atoms with E-state index >= 15 is 0 Å². The van der Waals surface area contributed by atoms with Crippen molar-refractivity contribution in [1.82, 2.24) is 0 Å². The molecule has 0 saturated carbocycles. The lowest BCUT2D eigenvalue weighted by atomic mass is 9.95. The highest BCUT2D eigenvalue weighted by Crippen LogP contribution is 2.26. The highest BCUT2D eigenvalue weighted by molar-refractivity contribution is 5.87. The molecule has 0 saturated heterocycles. The van der Waals surface area contributed by atoms with E-state index in [0.717, 1.165) is 24.3 Å². The van der Waals surface area contributed by atoms with Crippen molar-refractivity contribution >= 4 is 12.0 Å². The van der Waals surface area contributed by atoms with Crippen LogP contribution in [-0.4, -0.2) is 24.8 Å². The number of esters is 1. The Hall–Kier alpha value is -1.97. The molecule has 4 nitrogen and oxygen atoms in total. The zero-order valence-electron chi connectivity index (χ0n) is 24.3. The first-order valence-electron chi connectivity index (χ1n) is 15.3. The average molecular weight is 517 g/mol. The monoisotopic (exact) mass is 516 g/mol. The Morgan fingerprint density at radius 1 is 0.811 bits per heavy atom. The molecule has 0 amide bonds. The average Bonchev–Trinajstić information content (AvgIpc) is 2.90. The van der Waals surface area contributed by atoms with Gasteiger partial charge in [0, 0.05) is 6.08 Å². The smallest absolute Gasteiger partial charge is 0.330 e. The highest BCUT2D eigenvalue weighted by atomic mass is 16.5. The summed E-state index contributed by atoms with van der Waals surface area (Å²) in [5.41, 5.74) is 0.778. The second kappa shape index (κ2) is 23.2. The van der Waals surface area contributed by atoms with Crippen molar-refractivity contribution < 1.29 is 19.4 Å². The zero-order chi connectivity index (χ0) is 27.0. The molecule has 1 rings (SSSR count). The van der Waals surface area contributed by atoms with E-state index in [0.29, 0.717) is 12.4 Å². The van der Waals surface area contributed by atoms with Crippen LogP contribution in [0.4, 0.5) is 0 Å². The maximum Gasteiger partial charge on any atom is 0.330 e. The molecule has 0 heterocycles. The lowest BCUT2D eigenvalue weighted by Crippen LogP contribution is -2.02. The van der Waals surface area contributed by atoms with Crippen molar-refractivity contribution in [3.8, 4) is 11.5 Å². The predicted octanol–water partition coefficient (Wildman–Crippen LogP) is 10.0. The lowest BCUT2D eigenvalue weighted by Gasteiger charge is -2.11. The molecule has 0 spiro atoms. The molecule has 4 heteroatoms. The van der Waals surface area contributed by atoms with Crippen LogP contribution in [0.1, 0.15) is 141 Å². The number of hydrogen-bond acceptors (Lipinski definition) is 4. The summed E-state index contributed by atoms with van der Waals surface area (Å²) in [6, 6.07) is 4.95. The van der Waals surface area contributed by atoms with Crippen molar-refractivity contribution in [1.29, 1.82) is 0 Å². The zero-order valence-corrected chi connectivity index (χ0v) is 24.3. The number of aromatic hydroxyl groups is 1. The van der Waals surface area contributed by atoms with Crippen LogP contribution in [0.15, 0.2) is 24.3 Å². The number of benzene rings is 1. The summed E-state index contributed by atoms with van der Waals surface area (Å²) >= 11 is 0. The molecule has 0 aromatic heterocycles. The van der Waals surface area contributed by atoms with Gasteiger partial charge in [0.2, 0.25) is 0 Å². The summed E-state index contributed by atoms with van der Waals surface area (Å²) in [7, 11) is 1.50. The van der Waals surface area contributed by atoms with Gasteiger partial charge in [-0.1, -0.05) is 135 Å². The summed E-state index contributed by atoms with van der Waals surface area (Å²) < 4.78 is 10.4. The maximum absolute atomic E-state index is 11.9. The Bertz CT molecular complexity index is 712. The third-order valence-corrected chi connectivity index (χ3v) is 7.25. The van der Waals surface area contributed by atoms with Crippen molar-refractivity contribution in [2.24, 2.45) is 5.92 Å². The van der Waals surface area contributed by atoms with E-state index in [1.807, 2.05) is 0 Å². The fourth-order valence-electron chi connectivity index (χ4n) is 4.79. The van der Waals surface area contributed by atoms with E-state index < -0.39 is 0 Å². The molecule has 1 atom stereocenters. The molecule has 212 valence electrons. The van der Waals surface area contributed by atoms with E-state index in [4.69, 9.17) is 9.47 Å². The Morgan fingerprint density at radius 3 is 1.86 bits per heavy atom. The largest absolute Gasteiger partial charge is 0.504 e. The van der Waals surface area contributed by atoms with Gasteiger partial charge >= 0.3 is 5.97 Å². The van der Waals surface area contributed by atoms with Crippen LogP contribution in [0.3, 0.4) is 0 Å². The molecular formula is C33H56O4. The van der Waals surface area contributed by atoms with Crippen LogP contribution < -0.4 is 4.74 Å². The van der Waals surface area contributed by atoms with Crippen molar-refractivity contribution in [2.45, 2.75) is 136 Å². The van der Waals surface area contributed by atoms with E-state index in [-0.39, 0.29) is 11.7 Å². The molecule has 1 aromatic carbocycles. The number of rotatable bonds is 24. The molecule has 0 bridgehead atoms. The number of unbranched alkanes of at least 4 members (excludes halogenated alkanes) is 15. The number of phenols is 1. The van der Waals surface area contributed by atoms with Gasteiger partial charge in [0.25, 0.3) is 0 Å². The summed E-state index contributed by atoms with van der Waals surface area (Å²) in [4.78, 5) is 11.9. The third-order valence-electron chi connectivity index (χ3n) is 7.25. The van der Waals surface area contributed by atoms with Crippen LogP contribution >= 0.6 is 0 Å². The molecule has 1 N–H and O–H groups in total. The van der Waals surface area contributed by atoms with Gasteiger partial charge in [0.1, 0.15) is 0 Å². The fourth-order valence-corrected chi connectivity index (χ4v) is 4.79. The summed E-state index contributed by atoms with van der Waals surface area (Å²) in [5.74, 6) is 1.03. The first-order valence-corrected chi connectivity index (χ1v) is 15.3. The Labute approximate surface area is 228 Å². The number of methoxy groups -OCH3 is 1. The Balaban J connectivity index is 1.87. The molecule has 1 aromatic rings.